The van der Waals surface area contributed by atoms with Crippen LogP contribution >= 0.6 is 0 Å². The summed E-state index contributed by atoms with van der Waals surface area (Å²) in [5.41, 5.74) is 6.45. The minimum atomic E-state index is 0.514. The van der Waals surface area contributed by atoms with Crippen molar-refractivity contribution in [2.24, 2.45) is 0 Å². The van der Waals surface area contributed by atoms with Crippen molar-refractivity contribution in [3.8, 4) is 6.07 Å². The zero-order valence-corrected chi connectivity index (χ0v) is 11.5. The van der Waals surface area contributed by atoms with Gasteiger partial charge in [0.1, 0.15) is 0 Å². The van der Waals surface area contributed by atoms with Crippen molar-refractivity contribution < 1.29 is 0 Å². The maximum absolute atomic E-state index is 8.76. The van der Waals surface area contributed by atoms with Crippen LogP contribution in [0.3, 0.4) is 0 Å². The summed E-state index contributed by atoms with van der Waals surface area (Å²) in [6, 6.07) is 8.36. The molecule has 0 bridgehead atoms. The van der Waals surface area contributed by atoms with Crippen LogP contribution < -0.4 is 0 Å². The largest absolute Gasteiger partial charge is 0.192 e. The molecule has 0 amide bonds. The van der Waals surface area contributed by atoms with Gasteiger partial charge >= 0.3 is 0 Å². The molecule has 0 spiro atoms. The molecule has 1 heteroatoms. The molecule has 1 aromatic carbocycles. The quantitative estimate of drug-likeness (QED) is 0.550. The fourth-order valence-electron chi connectivity index (χ4n) is 1.96. The third-order valence-electron chi connectivity index (χ3n) is 3.07. The van der Waals surface area contributed by atoms with Gasteiger partial charge in [0.05, 0.1) is 6.07 Å². The maximum atomic E-state index is 8.76. The second-order valence-electron chi connectivity index (χ2n) is 4.56. The first-order valence-corrected chi connectivity index (χ1v) is 5.98. The second-order valence-corrected chi connectivity index (χ2v) is 4.56. The van der Waals surface area contributed by atoms with E-state index in [0.717, 1.165) is 5.57 Å². The van der Waals surface area contributed by atoms with E-state index >= 15 is 0 Å². The Balaban J connectivity index is 3.13. The summed E-state index contributed by atoms with van der Waals surface area (Å²) in [6.07, 6.45) is 4.00. The molecule has 0 unspecified atom stereocenters. The van der Waals surface area contributed by atoms with Gasteiger partial charge in [0.25, 0.3) is 0 Å². The lowest BCUT2D eigenvalue weighted by Gasteiger charge is -2.09. The molecular weight excluding hydrogens is 218 g/mol. The molecule has 0 aliphatic rings. The minimum absolute atomic E-state index is 0.514. The van der Waals surface area contributed by atoms with Crippen LogP contribution in [-0.4, -0.2) is 0 Å². The number of nitrogens with zero attached hydrogens (tertiary/aromatic N) is 1. The van der Waals surface area contributed by atoms with Crippen LogP contribution in [0.4, 0.5) is 0 Å². The van der Waals surface area contributed by atoms with Gasteiger partial charge < -0.3 is 0 Å². The summed E-state index contributed by atoms with van der Waals surface area (Å²) in [6.45, 7) is 11.9. The molecule has 0 N–H and O–H groups in total. The van der Waals surface area contributed by atoms with Crippen molar-refractivity contribution in [2.45, 2.75) is 27.7 Å². The Morgan fingerprint density at radius 3 is 2.22 bits per heavy atom. The normalized spacial score (nSPS) is 12.2. The Morgan fingerprint density at radius 1 is 1.17 bits per heavy atom. The van der Waals surface area contributed by atoms with Gasteiger partial charge in [-0.15, -0.1) is 0 Å². The number of hydrogen-bond acceptors (Lipinski definition) is 1. The molecule has 1 nitrogen and oxygen atoms in total. The van der Waals surface area contributed by atoms with E-state index in [1.165, 1.54) is 22.3 Å². The molecule has 0 saturated carbocycles. The number of benzene rings is 1. The maximum Gasteiger partial charge on any atom is 0.0988 e. The van der Waals surface area contributed by atoms with Gasteiger partial charge in [0.15, 0.2) is 0 Å². The zero-order valence-electron chi connectivity index (χ0n) is 11.5. The molecule has 92 valence electrons. The first-order valence-electron chi connectivity index (χ1n) is 5.98. The first-order chi connectivity index (χ1) is 8.47. The van der Waals surface area contributed by atoms with E-state index in [-0.39, 0.29) is 0 Å². The second kappa shape index (κ2) is 6.02. The molecule has 18 heavy (non-hydrogen) atoms. The lowest BCUT2D eigenvalue weighted by molar-refractivity contribution is 1.33. The van der Waals surface area contributed by atoms with Crippen molar-refractivity contribution in [2.75, 3.05) is 0 Å². The number of aryl methyl sites for hydroxylation is 2. The predicted molar refractivity (Wildman–Crippen MR) is 78.1 cm³/mol. The highest BCUT2D eigenvalue weighted by atomic mass is 14.2. The molecule has 0 heterocycles. The predicted octanol–water partition coefficient (Wildman–Crippen LogP) is 4.73. The van der Waals surface area contributed by atoms with Gasteiger partial charge in [-0.25, -0.2) is 0 Å². The van der Waals surface area contributed by atoms with Crippen LogP contribution in [0, 0.1) is 25.2 Å². The Labute approximate surface area is 110 Å². The van der Waals surface area contributed by atoms with Gasteiger partial charge in [-0.3, -0.25) is 0 Å². The Bertz CT molecular complexity index is 546. The SMILES string of the molecule is C=C(C#N)/C(C)=C/C=C(\C)c1c(C)cccc1C. The third-order valence-corrected chi connectivity index (χ3v) is 3.07. The summed E-state index contributed by atoms with van der Waals surface area (Å²) in [5.74, 6) is 0. The third kappa shape index (κ3) is 3.21. The molecule has 1 aromatic rings. The van der Waals surface area contributed by atoms with Crippen LogP contribution in [0.1, 0.15) is 30.5 Å². The summed E-state index contributed by atoms with van der Waals surface area (Å²) >= 11 is 0. The fraction of sp³-hybridized carbons (Fsp3) is 0.235. The summed E-state index contributed by atoms with van der Waals surface area (Å²) in [5, 5.41) is 8.76. The average molecular weight is 237 g/mol. The van der Waals surface area contributed by atoms with Crippen molar-refractivity contribution in [1.29, 1.82) is 5.26 Å². The number of rotatable bonds is 3. The Kier molecular flexibility index (Phi) is 4.68. The van der Waals surface area contributed by atoms with Crippen LogP contribution in [-0.2, 0) is 0 Å². The van der Waals surface area contributed by atoms with E-state index in [4.69, 9.17) is 5.26 Å². The fourth-order valence-corrected chi connectivity index (χ4v) is 1.96. The molecule has 0 aliphatic heterocycles. The molecule has 0 aromatic heterocycles. The van der Waals surface area contributed by atoms with E-state index in [2.05, 4.69) is 51.6 Å². The van der Waals surface area contributed by atoms with E-state index in [1.54, 1.807) is 0 Å². The van der Waals surface area contributed by atoms with E-state index < -0.39 is 0 Å². The van der Waals surface area contributed by atoms with Gasteiger partial charge in [0, 0.05) is 5.57 Å². The minimum Gasteiger partial charge on any atom is -0.192 e. The average Bonchev–Trinajstić information content (AvgIpc) is 2.34. The van der Waals surface area contributed by atoms with Crippen molar-refractivity contribution >= 4 is 5.57 Å². The number of nitriles is 1. The topological polar surface area (TPSA) is 23.8 Å². The number of hydrogen-bond donors (Lipinski definition) is 0. The highest BCUT2D eigenvalue weighted by Gasteiger charge is 2.03. The van der Waals surface area contributed by atoms with Gasteiger partial charge in [0.2, 0.25) is 0 Å². The van der Waals surface area contributed by atoms with E-state index in [0.29, 0.717) is 5.57 Å². The Hall–Kier alpha value is -2.07. The lowest BCUT2D eigenvalue weighted by atomic mass is 9.96. The van der Waals surface area contributed by atoms with Crippen LogP contribution in [0.15, 0.2) is 48.1 Å². The van der Waals surface area contributed by atoms with Crippen LogP contribution in [0.5, 0.6) is 0 Å². The highest BCUT2D eigenvalue weighted by Crippen LogP contribution is 2.22. The molecule has 0 saturated heterocycles. The molecule has 0 atom stereocenters. The summed E-state index contributed by atoms with van der Waals surface area (Å²) in [4.78, 5) is 0. The molecule has 0 radical (unpaired) electrons. The highest BCUT2D eigenvalue weighted by molar-refractivity contribution is 5.70. The van der Waals surface area contributed by atoms with Crippen molar-refractivity contribution in [3.05, 3.63) is 64.8 Å². The van der Waals surface area contributed by atoms with E-state index in [9.17, 15) is 0 Å². The van der Waals surface area contributed by atoms with Crippen LogP contribution in [0.25, 0.3) is 5.57 Å². The van der Waals surface area contributed by atoms with Gasteiger partial charge in [-0.1, -0.05) is 36.9 Å². The summed E-state index contributed by atoms with van der Waals surface area (Å²) in [7, 11) is 0. The lowest BCUT2D eigenvalue weighted by Crippen LogP contribution is -1.90. The Morgan fingerprint density at radius 2 is 1.72 bits per heavy atom. The van der Waals surface area contributed by atoms with Crippen molar-refractivity contribution in [1.82, 2.24) is 0 Å². The monoisotopic (exact) mass is 237 g/mol. The zero-order chi connectivity index (χ0) is 13.7. The molecule has 0 fully saturated rings. The summed E-state index contributed by atoms with van der Waals surface area (Å²) < 4.78 is 0. The number of allylic oxidation sites excluding steroid dienone is 5. The van der Waals surface area contributed by atoms with E-state index in [1.807, 2.05) is 19.1 Å². The first kappa shape index (κ1) is 14.0. The van der Waals surface area contributed by atoms with Gasteiger partial charge in [-0.2, -0.15) is 5.26 Å². The smallest absolute Gasteiger partial charge is 0.0988 e. The molecular formula is C17H19N. The van der Waals surface area contributed by atoms with Gasteiger partial charge in [-0.05, 0) is 55.5 Å². The standard InChI is InChI=1S/C17H19N/c1-12(16(5)11-18)9-10-15(4)17-13(2)7-6-8-14(17)3/h6-10H,5H2,1-4H3/b12-9+,15-10+. The van der Waals surface area contributed by atoms with Crippen LogP contribution in [0.2, 0.25) is 0 Å². The molecule has 0 aliphatic carbocycles. The van der Waals surface area contributed by atoms with Crippen molar-refractivity contribution in [3.63, 3.8) is 0 Å². The molecule has 1 rings (SSSR count).